The molecular formula is C15H25NO2S. The van der Waals surface area contributed by atoms with E-state index in [1.165, 1.54) is 5.56 Å². The first-order chi connectivity index (χ1) is 8.59. The lowest BCUT2D eigenvalue weighted by molar-refractivity contribution is 0.439. The molecule has 0 aliphatic rings. The first-order valence-electron chi connectivity index (χ1n) is 6.73. The van der Waals surface area contributed by atoms with Crippen LogP contribution < -0.4 is 4.72 Å². The molecule has 0 heterocycles. The maximum Gasteiger partial charge on any atom is 0.241 e. The van der Waals surface area contributed by atoms with Gasteiger partial charge in [0, 0.05) is 5.54 Å². The minimum absolute atomic E-state index is 0.343. The third kappa shape index (κ3) is 4.05. The van der Waals surface area contributed by atoms with Gasteiger partial charge >= 0.3 is 0 Å². The van der Waals surface area contributed by atoms with Crippen LogP contribution in [0.5, 0.6) is 0 Å². The van der Waals surface area contributed by atoms with Crippen molar-refractivity contribution in [1.29, 1.82) is 0 Å². The van der Waals surface area contributed by atoms with Crippen molar-refractivity contribution >= 4 is 10.0 Å². The Labute approximate surface area is 117 Å². The van der Waals surface area contributed by atoms with E-state index in [4.69, 9.17) is 0 Å². The predicted molar refractivity (Wildman–Crippen MR) is 80.0 cm³/mol. The van der Waals surface area contributed by atoms with Crippen molar-refractivity contribution in [3.63, 3.8) is 0 Å². The molecular weight excluding hydrogens is 258 g/mol. The van der Waals surface area contributed by atoms with Crippen molar-refractivity contribution in [3.05, 3.63) is 29.3 Å². The first-order valence-corrected chi connectivity index (χ1v) is 8.22. The van der Waals surface area contributed by atoms with Crippen LogP contribution in [0.25, 0.3) is 0 Å². The van der Waals surface area contributed by atoms with Crippen LogP contribution in [-0.4, -0.2) is 14.0 Å². The van der Waals surface area contributed by atoms with E-state index in [0.29, 0.717) is 10.8 Å². The average Bonchev–Trinajstić information content (AvgIpc) is 2.27. The first kappa shape index (κ1) is 16.2. The van der Waals surface area contributed by atoms with E-state index < -0.39 is 15.6 Å². The zero-order valence-corrected chi connectivity index (χ0v) is 13.6. The van der Waals surface area contributed by atoms with E-state index in [-0.39, 0.29) is 0 Å². The van der Waals surface area contributed by atoms with Gasteiger partial charge in [-0.3, -0.25) is 0 Å². The molecule has 0 amide bonds. The number of hydrogen-bond acceptors (Lipinski definition) is 2. The fourth-order valence-corrected chi connectivity index (χ4v) is 3.53. The van der Waals surface area contributed by atoms with Gasteiger partial charge in [0.1, 0.15) is 0 Å². The van der Waals surface area contributed by atoms with Crippen molar-refractivity contribution < 1.29 is 8.42 Å². The Kier molecular flexibility index (Phi) is 4.80. The molecule has 0 radical (unpaired) electrons. The van der Waals surface area contributed by atoms with Gasteiger partial charge in [0.25, 0.3) is 0 Å². The largest absolute Gasteiger partial charge is 0.241 e. The van der Waals surface area contributed by atoms with Crippen LogP contribution in [0.2, 0.25) is 0 Å². The maximum absolute atomic E-state index is 12.3. The molecule has 4 heteroatoms. The molecule has 0 bridgehead atoms. The van der Waals surface area contributed by atoms with Crippen LogP contribution in [0.3, 0.4) is 0 Å². The van der Waals surface area contributed by atoms with Crippen LogP contribution in [-0.2, 0) is 10.0 Å². The number of aryl methyl sites for hydroxylation is 1. The van der Waals surface area contributed by atoms with Crippen LogP contribution in [0.4, 0.5) is 0 Å². The molecule has 1 aromatic rings. The van der Waals surface area contributed by atoms with E-state index in [1.807, 2.05) is 33.8 Å². The van der Waals surface area contributed by atoms with Crippen molar-refractivity contribution in [2.45, 2.75) is 64.3 Å². The molecule has 0 saturated heterocycles. The monoisotopic (exact) mass is 283 g/mol. The Morgan fingerprint density at radius 2 is 1.84 bits per heavy atom. The summed E-state index contributed by atoms with van der Waals surface area (Å²) in [6.07, 6.45) is 0.745. The highest BCUT2D eigenvalue weighted by Crippen LogP contribution is 2.23. The quantitative estimate of drug-likeness (QED) is 0.897. The molecule has 0 aromatic heterocycles. The Morgan fingerprint density at radius 1 is 1.26 bits per heavy atom. The molecule has 19 heavy (non-hydrogen) atoms. The summed E-state index contributed by atoms with van der Waals surface area (Å²) in [5.74, 6) is 0.400. The van der Waals surface area contributed by atoms with Gasteiger partial charge in [0.15, 0.2) is 0 Å². The third-order valence-corrected chi connectivity index (χ3v) is 5.16. The van der Waals surface area contributed by atoms with Gasteiger partial charge in [0.2, 0.25) is 10.0 Å². The molecule has 0 aliphatic carbocycles. The lowest BCUT2D eigenvalue weighted by Gasteiger charge is -2.24. The molecule has 0 aliphatic heterocycles. The lowest BCUT2D eigenvalue weighted by atomic mass is 9.98. The summed E-state index contributed by atoms with van der Waals surface area (Å²) in [4.78, 5) is 0.343. The zero-order valence-electron chi connectivity index (χ0n) is 12.7. The van der Waals surface area contributed by atoms with E-state index >= 15 is 0 Å². The summed E-state index contributed by atoms with van der Waals surface area (Å²) in [5.41, 5.74) is 1.78. The standard InChI is InChI=1S/C15H25NO2S/c1-7-15(5,6)16-19(17,18)13-8-9-14(11(2)3)12(4)10-13/h8-11,16H,7H2,1-6H3. The maximum atomic E-state index is 12.3. The van der Waals surface area contributed by atoms with Crippen molar-refractivity contribution in [1.82, 2.24) is 4.72 Å². The number of benzene rings is 1. The van der Waals surface area contributed by atoms with Gasteiger partial charge in [-0.25, -0.2) is 13.1 Å². The highest BCUT2D eigenvalue weighted by Gasteiger charge is 2.24. The molecule has 0 fully saturated rings. The van der Waals surface area contributed by atoms with E-state index in [2.05, 4.69) is 18.6 Å². The molecule has 1 aromatic carbocycles. The molecule has 0 saturated carbocycles. The van der Waals surface area contributed by atoms with Gasteiger partial charge < -0.3 is 0 Å². The summed E-state index contributed by atoms with van der Waals surface area (Å²) in [7, 11) is -3.45. The topological polar surface area (TPSA) is 46.2 Å². The fraction of sp³-hybridized carbons (Fsp3) is 0.600. The number of nitrogens with one attached hydrogen (secondary N) is 1. The van der Waals surface area contributed by atoms with E-state index in [1.54, 1.807) is 12.1 Å². The Morgan fingerprint density at radius 3 is 2.26 bits per heavy atom. The Balaban J connectivity index is 3.14. The van der Waals surface area contributed by atoms with Crippen molar-refractivity contribution in [2.24, 2.45) is 0 Å². The highest BCUT2D eigenvalue weighted by molar-refractivity contribution is 7.89. The molecule has 0 unspecified atom stereocenters. The highest BCUT2D eigenvalue weighted by atomic mass is 32.2. The summed E-state index contributed by atoms with van der Waals surface area (Å²) >= 11 is 0. The Bertz CT molecular complexity index is 545. The number of rotatable bonds is 5. The van der Waals surface area contributed by atoms with Gasteiger partial charge in [-0.1, -0.05) is 26.8 Å². The minimum Gasteiger partial charge on any atom is -0.207 e. The van der Waals surface area contributed by atoms with E-state index in [0.717, 1.165) is 12.0 Å². The van der Waals surface area contributed by atoms with Crippen molar-refractivity contribution in [3.8, 4) is 0 Å². The third-order valence-electron chi connectivity index (χ3n) is 3.47. The lowest BCUT2D eigenvalue weighted by Crippen LogP contribution is -2.42. The average molecular weight is 283 g/mol. The van der Waals surface area contributed by atoms with Crippen LogP contribution in [0.1, 0.15) is 58.1 Å². The molecule has 1 rings (SSSR count). The van der Waals surface area contributed by atoms with Gasteiger partial charge in [-0.05, 0) is 56.4 Å². The molecule has 0 atom stereocenters. The summed E-state index contributed by atoms with van der Waals surface area (Å²) in [6, 6.07) is 5.35. The van der Waals surface area contributed by atoms with Crippen LogP contribution in [0, 0.1) is 6.92 Å². The second kappa shape index (κ2) is 5.63. The molecule has 3 nitrogen and oxygen atoms in total. The van der Waals surface area contributed by atoms with Gasteiger partial charge in [-0.2, -0.15) is 0 Å². The Hall–Kier alpha value is -0.870. The zero-order chi connectivity index (χ0) is 14.8. The second-order valence-electron chi connectivity index (χ2n) is 6.02. The summed E-state index contributed by atoms with van der Waals surface area (Å²) in [6.45, 7) is 11.9. The van der Waals surface area contributed by atoms with E-state index in [9.17, 15) is 8.42 Å². The fourth-order valence-electron chi connectivity index (χ4n) is 1.96. The smallest absolute Gasteiger partial charge is 0.207 e. The van der Waals surface area contributed by atoms with Gasteiger partial charge in [-0.15, -0.1) is 0 Å². The summed E-state index contributed by atoms with van der Waals surface area (Å²) < 4.78 is 27.4. The number of sulfonamides is 1. The minimum atomic E-state index is -3.45. The normalized spacial score (nSPS) is 13.0. The molecule has 0 spiro atoms. The molecule has 1 N–H and O–H groups in total. The van der Waals surface area contributed by atoms with Crippen molar-refractivity contribution in [2.75, 3.05) is 0 Å². The van der Waals surface area contributed by atoms with Crippen LogP contribution in [0.15, 0.2) is 23.1 Å². The predicted octanol–water partition coefficient (Wildman–Crippen LogP) is 3.59. The SMILES string of the molecule is CCC(C)(C)NS(=O)(=O)c1ccc(C(C)C)c(C)c1. The van der Waals surface area contributed by atoms with Gasteiger partial charge in [0.05, 0.1) is 4.90 Å². The number of hydrogen-bond donors (Lipinski definition) is 1. The second-order valence-corrected chi connectivity index (χ2v) is 7.70. The van der Waals surface area contributed by atoms with Crippen LogP contribution >= 0.6 is 0 Å². The molecule has 108 valence electrons. The summed E-state index contributed by atoms with van der Waals surface area (Å²) in [5, 5.41) is 0.